The number of aromatic hydroxyl groups is 2. The maximum Gasteiger partial charge on any atom is 0.342 e. The highest BCUT2D eigenvalue weighted by atomic mass is 16.7. The van der Waals surface area contributed by atoms with Crippen molar-refractivity contribution in [1.82, 2.24) is 0 Å². The first-order valence-electron chi connectivity index (χ1n) is 15.8. The zero-order chi connectivity index (χ0) is 37.3. The molecule has 2 aliphatic heterocycles. The molecule has 8 atom stereocenters. The maximum atomic E-state index is 13.7. The third kappa shape index (κ3) is 5.64. The molecule has 0 radical (unpaired) electrons. The topological polar surface area (TPSA) is 239 Å². The summed E-state index contributed by atoms with van der Waals surface area (Å²) in [6.07, 6.45) is -10.6. The minimum Gasteiger partial charge on any atom is -0.507 e. The number of hydrogen-bond acceptors (Lipinski definition) is 16. The Bertz CT molecular complexity index is 1920. The number of benzene rings is 2. The lowest BCUT2D eigenvalue weighted by Crippen LogP contribution is -2.61. The van der Waals surface area contributed by atoms with Gasteiger partial charge in [-0.25, -0.2) is 9.59 Å². The first-order chi connectivity index (χ1) is 24.0. The van der Waals surface area contributed by atoms with Crippen molar-refractivity contribution in [2.24, 2.45) is 0 Å². The van der Waals surface area contributed by atoms with Gasteiger partial charge in [-0.1, -0.05) is 12.1 Å². The molecule has 0 aromatic heterocycles. The molecule has 0 bridgehead atoms. The van der Waals surface area contributed by atoms with Crippen LogP contribution in [0.25, 0.3) is 0 Å². The largest absolute Gasteiger partial charge is 0.507 e. The molecule has 1 saturated heterocycles. The van der Waals surface area contributed by atoms with E-state index in [0.29, 0.717) is 0 Å². The summed E-state index contributed by atoms with van der Waals surface area (Å²) in [6.45, 7) is 3.98. The Morgan fingerprint density at radius 3 is 2.27 bits per heavy atom. The van der Waals surface area contributed by atoms with Crippen molar-refractivity contribution in [3.63, 3.8) is 0 Å². The van der Waals surface area contributed by atoms with Gasteiger partial charge in [0.15, 0.2) is 29.6 Å². The Morgan fingerprint density at radius 1 is 0.941 bits per heavy atom. The summed E-state index contributed by atoms with van der Waals surface area (Å²) in [4.78, 5) is 77.2. The zero-order valence-electron chi connectivity index (χ0n) is 28.0. The van der Waals surface area contributed by atoms with Crippen LogP contribution in [0.1, 0.15) is 87.5 Å². The number of carbonyl (C=O) groups is 6. The molecule has 2 heterocycles. The molecule has 2 aromatic carbocycles. The zero-order valence-corrected chi connectivity index (χ0v) is 28.0. The molecule has 4 N–H and O–H groups in total. The predicted octanol–water partition coefficient (Wildman–Crippen LogP) is 1.11. The lowest BCUT2D eigenvalue weighted by molar-refractivity contribution is -0.322. The molecule has 2 aliphatic carbocycles. The summed E-state index contributed by atoms with van der Waals surface area (Å²) < 4.78 is 33.2. The first-order valence-corrected chi connectivity index (χ1v) is 15.8. The molecular formula is C35H34O16. The average molecular weight is 711 g/mol. The monoisotopic (exact) mass is 710 g/mol. The van der Waals surface area contributed by atoms with Crippen LogP contribution in [0.5, 0.6) is 11.5 Å². The van der Waals surface area contributed by atoms with E-state index in [0.717, 1.165) is 20.1 Å². The highest BCUT2D eigenvalue weighted by Crippen LogP contribution is 2.49. The Morgan fingerprint density at radius 2 is 1.65 bits per heavy atom. The summed E-state index contributed by atoms with van der Waals surface area (Å²) in [5, 5.41) is 44.9. The number of aliphatic hydroxyl groups excluding tert-OH is 1. The van der Waals surface area contributed by atoms with Crippen LogP contribution in [-0.2, 0) is 42.8 Å². The van der Waals surface area contributed by atoms with Gasteiger partial charge in [-0.15, -0.1) is 0 Å². The number of carbonyl (C=O) groups excluding carboxylic acids is 6. The summed E-state index contributed by atoms with van der Waals surface area (Å²) in [6, 6.07) is 4.94. The van der Waals surface area contributed by atoms with Crippen molar-refractivity contribution in [3.05, 3.63) is 68.8 Å². The van der Waals surface area contributed by atoms with Gasteiger partial charge >= 0.3 is 17.9 Å². The number of ether oxygens (including phenoxy) is 6. The van der Waals surface area contributed by atoms with Gasteiger partial charge in [0.2, 0.25) is 5.78 Å². The molecule has 16 nitrogen and oxygen atoms in total. The molecule has 1 fully saturated rings. The van der Waals surface area contributed by atoms with E-state index in [4.69, 9.17) is 23.7 Å². The molecule has 0 unspecified atom stereocenters. The Labute approximate surface area is 289 Å². The fourth-order valence-corrected chi connectivity index (χ4v) is 7.04. The number of Topliss-reactive ketones (excluding diaryl/α,β-unsaturated/α-hetero) is 1. The van der Waals surface area contributed by atoms with E-state index < -0.39 is 101 Å². The predicted molar refractivity (Wildman–Crippen MR) is 167 cm³/mol. The first kappa shape index (κ1) is 36.0. The highest BCUT2D eigenvalue weighted by molar-refractivity contribution is 6.31. The number of fused-ring (bicyclic) bond motifs is 3. The van der Waals surface area contributed by atoms with Crippen LogP contribution >= 0.6 is 0 Å². The van der Waals surface area contributed by atoms with Gasteiger partial charge in [0, 0.05) is 54.0 Å². The molecule has 0 amide bonds. The van der Waals surface area contributed by atoms with Crippen molar-refractivity contribution in [3.8, 4) is 11.5 Å². The second kappa shape index (κ2) is 13.0. The molecule has 0 spiro atoms. The number of aliphatic hydroxyl groups is 2. The van der Waals surface area contributed by atoms with Crippen LogP contribution < -0.4 is 0 Å². The van der Waals surface area contributed by atoms with Crippen molar-refractivity contribution in [1.29, 1.82) is 0 Å². The molecule has 270 valence electrons. The number of rotatable bonds is 8. The van der Waals surface area contributed by atoms with E-state index in [1.165, 1.54) is 39.2 Å². The van der Waals surface area contributed by atoms with E-state index in [-0.39, 0.29) is 51.8 Å². The maximum absolute atomic E-state index is 13.7. The van der Waals surface area contributed by atoms with Crippen LogP contribution in [-0.4, -0.2) is 112 Å². The fourth-order valence-electron chi connectivity index (χ4n) is 7.04. The van der Waals surface area contributed by atoms with Gasteiger partial charge in [0.25, 0.3) is 0 Å². The van der Waals surface area contributed by atoms with Gasteiger partial charge in [0.1, 0.15) is 35.9 Å². The third-order valence-corrected chi connectivity index (χ3v) is 9.74. The highest BCUT2D eigenvalue weighted by Gasteiger charge is 2.56. The Balaban J connectivity index is 1.31. The van der Waals surface area contributed by atoms with E-state index in [9.17, 15) is 49.2 Å². The average Bonchev–Trinajstić information content (AvgIpc) is 3.32. The van der Waals surface area contributed by atoms with Crippen LogP contribution in [0.3, 0.4) is 0 Å². The van der Waals surface area contributed by atoms with Crippen molar-refractivity contribution >= 4 is 35.3 Å². The fraction of sp³-hybridized carbons (Fsp3) is 0.429. The van der Waals surface area contributed by atoms with E-state index in [2.05, 4.69) is 4.74 Å². The number of phenols is 2. The minimum absolute atomic E-state index is 0.0279. The van der Waals surface area contributed by atoms with Crippen molar-refractivity contribution in [2.75, 3.05) is 14.2 Å². The summed E-state index contributed by atoms with van der Waals surface area (Å²) in [5.74, 6) is -6.47. The third-order valence-electron chi connectivity index (χ3n) is 9.74. The molecule has 2 aromatic rings. The van der Waals surface area contributed by atoms with E-state index >= 15 is 0 Å². The van der Waals surface area contributed by atoms with Crippen molar-refractivity contribution in [2.45, 2.75) is 82.1 Å². The van der Waals surface area contributed by atoms with Crippen LogP contribution in [0, 0.1) is 0 Å². The summed E-state index contributed by atoms with van der Waals surface area (Å²) >= 11 is 0. The molecule has 16 heteroatoms. The van der Waals surface area contributed by atoms with Gasteiger partial charge in [-0.2, -0.15) is 0 Å². The SMILES string of the molecule is CO[C@H]1[C@@H](O[C@@H]2c3c(cc4c(c3O)C(=O)c3c(O)cccc3C4=O)C(=O)[C@@](C)(O)[C@H]2OC)O[C@@H](C)[C@H](OC(=O)CCC2=C(C)C(=O)OC2=O)[C@H]1O. The van der Waals surface area contributed by atoms with Crippen molar-refractivity contribution < 1.29 is 77.6 Å². The normalized spacial score (nSPS) is 30.2. The molecular weight excluding hydrogens is 676 g/mol. The summed E-state index contributed by atoms with van der Waals surface area (Å²) in [7, 11) is 2.36. The second-order valence-electron chi connectivity index (χ2n) is 12.8. The van der Waals surface area contributed by atoms with Gasteiger partial charge in [0.05, 0.1) is 17.2 Å². The minimum atomic E-state index is -2.32. The van der Waals surface area contributed by atoms with Gasteiger partial charge < -0.3 is 48.8 Å². The number of ketones is 3. The van der Waals surface area contributed by atoms with Gasteiger partial charge in [-0.3, -0.25) is 19.2 Å². The van der Waals surface area contributed by atoms with Crippen LogP contribution in [0.15, 0.2) is 35.4 Å². The summed E-state index contributed by atoms with van der Waals surface area (Å²) in [5.41, 5.74) is -4.27. The van der Waals surface area contributed by atoms with E-state index in [1.807, 2.05) is 0 Å². The smallest absolute Gasteiger partial charge is 0.342 e. The Kier molecular flexibility index (Phi) is 9.20. The standard InChI is InChI=1S/C35H34O16/c1-12-14(33(44)51-32(12)43)9-10-19(37)49-27-13(2)48-34(29(46-4)26(27)41)50-28-22-17(30(42)35(3,45)31(28)47-5)11-16-21(25(22)40)24(39)20-15(23(16)38)7-6-8-18(20)36/h6-8,11,13,26-29,31,34,36,40-41,45H,9-10H2,1-5H3/t13-,26+,27-,28+,29+,31-,34+,35+/m0/s1. The number of cyclic esters (lactones) is 2. The quantitative estimate of drug-likeness (QED) is 0.189. The number of phenolic OH excluding ortho intramolecular Hbond substituents is 2. The lowest BCUT2D eigenvalue weighted by atomic mass is 9.72. The molecule has 51 heavy (non-hydrogen) atoms. The molecule has 4 aliphatic rings. The molecule has 0 saturated carbocycles. The lowest BCUT2D eigenvalue weighted by Gasteiger charge is -2.46. The Hall–Kier alpha value is -4.84. The van der Waals surface area contributed by atoms with Gasteiger partial charge in [-0.05, 0) is 39.3 Å². The van der Waals surface area contributed by atoms with Crippen LogP contribution in [0.2, 0.25) is 0 Å². The number of methoxy groups -OCH3 is 2. The molecule has 6 rings (SSSR count). The van der Waals surface area contributed by atoms with E-state index in [1.54, 1.807) is 0 Å². The second-order valence-corrected chi connectivity index (χ2v) is 12.8. The number of hydrogen-bond donors (Lipinski definition) is 4. The number of esters is 3. The van der Waals surface area contributed by atoms with Crippen LogP contribution in [0.4, 0.5) is 0 Å².